The first-order chi connectivity index (χ1) is 7.09. The molecule has 3 N–H and O–H groups in total. The first-order valence-electron chi connectivity index (χ1n) is 5.23. The van der Waals surface area contributed by atoms with E-state index in [-0.39, 0.29) is 17.8 Å². The van der Waals surface area contributed by atoms with Gasteiger partial charge in [0.15, 0.2) is 0 Å². The number of anilines is 1. The zero-order chi connectivity index (χ0) is 11.3. The van der Waals surface area contributed by atoms with Gasteiger partial charge in [0.1, 0.15) is 5.75 Å². The van der Waals surface area contributed by atoms with Crippen molar-refractivity contribution in [2.45, 2.75) is 20.3 Å². The average molecular weight is 209 g/mol. The second kappa shape index (κ2) is 5.03. The molecule has 1 aromatic rings. The van der Waals surface area contributed by atoms with E-state index in [0.717, 1.165) is 18.7 Å². The van der Waals surface area contributed by atoms with Gasteiger partial charge in [-0.2, -0.15) is 0 Å². The summed E-state index contributed by atoms with van der Waals surface area (Å²) in [4.78, 5) is 0. The van der Waals surface area contributed by atoms with Gasteiger partial charge in [0.25, 0.3) is 0 Å². The van der Waals surface area contributed by atoms with Crippen molar-refractivity contribution in [1.29, 1.82) is 0 Å². The third-order valence-corrected chi connectivity index (χ3v) is 2.82. The summed E-state index contributed by atoms with van der Waals surface area (Å²) in [5, 5.41) is 21.6. The van der Waals surface area contributed by atoms with Crippen LogP contribution in [0.5, 0.6) is 5.75 Å². The molecule has 15 heavy (non-hydrogen) atoms. The Hall–Kier alpha value is -1.22. The standard InChI is InChI=1S/C12H19NO2/c1-3-12(2,9-14)8-13-10-4-6-11(15)7-5-10/h4-7,13-15H,3,8-9H2,1-2H3. The summed E-state index contributed by atoms with van der Waals surface area (Å²) in [6, 6.07) is 6.93. The molecule has 0 aliphatic carbocycles. The van der Waals surface area contributed by atoms with Crippen LogP contribution < -0.4 is 5.32 Å². The third-order valence-electron chi connectivity index (χ3n) is 2.82. The van der Waals surface area contributed by atoms with Gasteiger partial charge in [-0.1, -0.05) is 13.8 Å². The van der Waals surface area contributed by atoms with Crippen molar-refractivity contribution >= 4 is 5.69 Å². The first-order valence-corrected chi connectivity index (χ1v) is 5.23. The highest BCUT2D eigenvalue weighted by molar-refractivity contribution is 5.46. The summed E-state index contributed by atoms with van der Waals surface area (Å²) >= 11 is 0. The lowest BCUT2D eigenvalue weighted by molar-refractivity contribution is 0.149. The topological polar surface area (TPSA) is 52.5 Å². The van der Waals surface area contributed by atoms with E-state index in [0.29, 0.717) is 0 Å². The van der Waals surface area contributed by atoms with Gasteiger partial charge in [0.2, 0.25) is 0 Å². The quantitative estimate of drug-likeness (QED) is 0.652. The molecule has 0 saturated carbocycles. The third kappa shape index (κ3) is 3.44. The van der Waals surface area contributed by atoms with Gasteiger partial charge < -0.3 is 15.5 Å². The van der Waals surface area contributed by atoms with Crippen molar-refractivity contribution in [3.05, 3.63) is 24.3 Å². The Bertz CT molecular complexity index is 291. The summed E-state index contributed by atoms with van der Waals surface area (Å²) < 4.78 is 0. The lowest BCUT2D eigenvalue weighted by Gasteiger charge is -2.26. The second-order valence-corrected chi connectivity index (χ2v) is 4.22. The summed E-state index contributed by atoms with van der Waals surface area (Å²) in [5.41, 5.74) is 0.874. The Kier molecular flexibility index (Phi) is 3.97. The average Bonchev–Trinajstić information content (AvgIpc) is 2.28. The van der Waals surface area contributed by atoms with E-state index < -0.39 is 0 Å². The zero-order valence-corrected chi connectivity index (χ0v) is 9.33. The lowest BCUT2D eigenvalue weighted by Crippen LogP contribution is -2.29. The maximum Gasteiger partial charge on any atom is 0.115 e. The number of rotatable bonds is 5. The maximum absolute atomic E-state index is 9.23. The van der Waals surface area contributed by atoms with Crippen LogP contribution in [0.25, 0.3) is 0 Å². The molecule has 1 atom stereocenters. The number of hydrogen-bond donors (Lipinski definition) is 3. The second-order valence-electron chi connectivity index (χ2n) is 4.22. The van der Waals surface area contributed by atoms with Crippen molar-refractivity contribution in [3.63, 3.8) is 0 Å². The van der Waals surface area contributed by atoms with Crippen molar-refractivity contribution in [2.75, 3.05) is 18.5 Å². The number of phenols is 1. The molecule has 0 spiro atoms. The van der Waals surface area contributed by atoms with Gasteiger partial charge in [-0.05, 0) is 30.7 Å². The molecular formula is C12H19NO2. The van der Waals surface area contributed by atoms with E-state index in [4.69, 9.17) is 5.11 Å². The maximum atomic E-state index is 9.23. The van der Waals surface area contributed by atoms with Gasteiger partial charge >= 0.3 is 0 Å². The van der Waals surface area contributed by atoms with Crippen LogP contribution in [-0.4, -0.2) is 23.4 Å². The van der Waals surface area contributed by atoms with Crippen LogP contribution in [0.15, 0.2) is 24.3 Å². The van der Waals surface area contributed by atoms with Gasteiger partial charge in [0, 0.05) is 17.6 Å². The van der Waals surface area contributed by atoms with Crippen molar-refractivity contribution in [1.82, 2.24) is 0 Å². The molecule has 0 saturated heterocycles. The molecular weight excluding hydrogens is 190 g/mol. The van der Waals surface area contributed by atoms with E-state index in [1.165, 1.54) is 0 Å². The van der Waals surface area contributed by atoms with E-state index in [2.05, 4.69) is 12.2 Å². The molecule has 0 radical (unpaired) electrons. The fourth-order valence-corrected chi connectivity index (χ4v) is 1.19. The number of benzene rings is 1. The number of aliphatic hydroxyl groups is 1. The Labute approximate surface area is 90.8 Å². The molecule has 1 rings (SSSR count). The van der Waals surface area contributed by atoms with Crippen molar-refractivity contribution in [3.8, 4) is 5.75 Å². The Morgan fingerprint density at radius 1 is 1.27 bits per heavy atom. The molecule has 0 aromatic heterocycles. The first kappa shape index (κ1) is 11.9. The number of phenolic OH excluding ortho intramolecular Hbond substituents is 1. The monoisotopic (exact) mass is 209 g/mol. The normalized spacial score (nSPS) is 14.6. The van der Waals surface area contributed by atoms with Gasteiger partial charge in [-0.3, -0.25) is 0 Å². The minimum atomic E-state index is -0.0854. The zero-order valence-electron chi connectivity index (χ0n) is 9.33. The Morgan fingerprint density at radius 2 is 1.87 bits per heavy atom. The highest BCUT2D eigenvalue weighted by Gasteiger charge is 2.20. The highest BCUT2D eigenvalue weighted by Crippen LogP contribution is 2.21. The van der Waals surface area contributed by atoms with Crippen molar-refractivity contribution < 1.29 is 10.2 Å². The van der Waals surface area contributed by atoms with Crippen molar-refractivity contribution in [2.24, 2.45) is 5.41 Å². The van der Waals surface area contributed by atoms with E-state index in [9.17, 15) is 5.11 Å². The molecule has 0 aliphatic rings. The predicted octanol–water partition coefficient (Wildman–Crippen LogP) is 2.21. The van der Waals surface area contributed by atoms with Crippen LogP contribution in [0.1, 0.15) is 20.3 Å². The lowest BCUT2D eigenvalue weighted by atomic mass is 9.88. The molecule has 0 heterocycles. The van der Waals surface area contributed by atoms with E-state index in [1.54, 1.807) is 12.1 Å². The number of aliphatic hydroxyl groups excluding tert-OH is 1. The highest BCUT2D eigenvalue weighted by atomic mass is 16.3. The molecule has 0 fully saturated rings. The molecule has 3 heteroatoms. The minimum absolute atomic E-state index is 0.0854. The van der Waals surface area contributed by atoms with Gasteiger partial charge in [0.05, 0.1) is 6.61 Å². The number of aromatic hydroxyl groups is 1. The molecule has 3 nitrogen and oxygen atoms in total. The number of nitrogens with one attached hydrogen (secondary N) is 1. The molecule has 0 bridgehead atoms. The summed E-state index contributed by atoms with van der Waals surface area (Å²) in [7, 11) is 0. The number of hydrogen-bond acceptors (Lipinski definition) is 3. The largest absolute Gasteiger partial charge is 0.508 e. The molecule has 1 aromatic carbocycles. The minimum Gasteiger partial charge on any atom is -0.508 e. The van der Waals surface area contributed by atoms with Crippen LogP contribution >= 0.6 is 0 Å². The fourth-order valence-electron chi connectivity index (χ4n) is 1.19. The Morgan fingerprint density at radius 3 is 2.33 bits per heavy atom. The Balaban J connectivity index is 2.53. The molecule has 1 unspecified atom stereocenters. The van der Waals surface area contributed by atoms with Crippen LogP contribution in [-0.2, 0) is 0 Å². The predicted molar refractivity (Wildman–Crippen MR) is 62.1 cm³/mol. The van der Waals surface area contributed by atoms with Crippen LogP contribution in [0.4, 0.5) is 5.69 Å². The fraction of sp³-hybridized carbons (Fsp3) is 0.500. The SMILES string of the molecule is CCC(C)(CO)CNc1ccc(O)cc1. The molecule has 0 amide bonds. The van der Waals surface area contributed by atoms with Crippen LogP contribution in [0.2, 0.25) is 0 Å². The summed E-state index contributed by atoms with van der Waals surface area (Å²) in [5.74, 6) is 0.265. The van der Waals surface area contributed by atoms with Crippen LogP contribution in [0, 0.1) is 5.41 Å². The van der Waals surface area contributed by atoms with E-state index in [1.807, 2.05) is 19.1 Å². The molecule has 84 valence electrons. The molecule has 0 aliphatic heterocycles. The summed E-state index contributed by atoms with van der Waals surface area (Å²) in [6.07, 6.45) is 0.925. The van der Waals surface area contributed by atoms with Crippen LogP contribution in [0.3, 0.4) is 0 Å². The van der Waals surface area contributed by atoms with Gasteiger partial charge in [-0.15, -0.1) is 0 Å². The summed E-state index contributed by atoms with van der Waals surface area (Å²) in [6.45, 7) is 5.01. The van der Waals surface area contributed by atoms with Gasteiger partial charge in [-0.25, -0.2) is 0 Å². The smallest absolute Gasteiger partial charge is 0.115 e. The van der Waals surface area contributed by atoms with E-state index >= 15 is 0 Å².